The van der Waals surface area contributed by atoms with Crippen LogP contribution in [0.15, 0.2) is 40.5 Å². The molecule has 6 heteroatoms. The topological polar surface area (TPSA) is 60.0 Å². The first-order valence-corrected chi connectivity index (χ1v) is 7.96. The summed E-state index contributed by atoms with van der Waals surface area (Å²) in [6.07, 6.45) is 4.42. The van der Waals surface area contributed by atoms with Crippen LogP contribution in [-0.2, 0) is 11.3 Å². The van der Waals surface area contributed by atoms with Crippen LogP contribution >= 0.6 is 28.7 Å². The summed E-state index contributed by atoms with van der Waals surface area (Å²) in [5.74, 6) is 0.889. The molecule has 0 unspecified atom stereocenters. The molecule has 0 saturated heterocycles. The van der Waals surface area contributed by atoms with Gasteiger partial charge in [0, 0.05) is 12.4 Å². The molecule has 0 saturated carbocycles. The van der Waals surface area contributed by atoms with Crippen LogP contribution in [0, 0.1) is 0 Å². The standard InChI is InChI=1S/C15H21N3OS.BrH/c16-15-18-17-14(12-20-15)9-5-2-6-10-19-11-13-7-3-1-4-8-13;/h1,3-4,7-8H,2,5-6,9-12H2,(H2,16,18);1H. The van der Waals surface area contributed by atoms with Crippen molar-refractivity contribution in [3.63, 3.8) is 0 Å². The number of benzene rings is 1. The number of unbranched alkanes of at least 4 members (excludes halogenated alkanes) is 2. The maximum absolute atomic E-state index is 5.65. The average Bonchev–Trinajstić information content (AvgIpc) is 2.49. The molecule has 0 atom stereocenters. The second kappa shape index (κ2) is 10.8. The minimum absolute atomic E-state index is 0. The molecule has 116 valence electrons. The van der Waals surface area contributed by atoms with Crippen molar-refractivity contribution >= 4 is 39.6 Å². The number of nitrogens with zero attached hydrogens (tertiary/aromatic N) is 2. The van der Waals surface area contributed by atoms with Crippen molar-refractivity contribution in [3.05, 3.63) is 35.9 Å². The second-order valence-electron chi connectivity index (χ2n) is 4.74. The molecule has 1 aliphatic heterocycles. The van der Waals surface area contributed by atoms with Gasteiger partial charge in [0.2, 0.25) is 0 Å². The number of rotatable bonds is 8. The van der Waals surface area contributed by atoms with Crippen molar-refractivity contribution in [2.45, 2.75) is 32.3 Å². The summed E-state index contributed by atoms with van der Waals surface area (Å²) in [7, 11) is 0. The zero-order chi connectivity index (χ0) is 14.0. The van der Waals surface area contributed by atoms with Crippen LogP contribution in [0.2, 0.25) is 0 Å². The Kier molecular flexibility index (Phi) is 9.37. The van der Waals surface area contributed by atoms with Crippen molar-refractivity contribution < 1.29 is 4.74 Å². The average molecular weight is 372 g/mol. The van der Waals surface area contributed by atoms with Crippen LogP contribution in [0.5, 0.6) is 0 Å². The maximum Gasteiger partial charge on any atom is 0.180 e. The Morgan fingerprint density at radius 3 is 2.62 bits per heavy atom. The largest absolute Gasteiger partial charge is 0.377 e. The lowest BCUT2D eigenvalue weighted by Crippen LogP contribution is -2.15. The first-order chi connectivity index (χ1) is 9.84. The summed E-state index contributed by atoms with van der Waals surface area (Å²) in [5.41, 5.74) is 7.92. The van der Waals surface area contributed by atoms with Crippen LogP contribution < -0.4 is 5.73 Å². The van der Waals surface area contributed by atoms with Gasteiger partial charge in [-0.1, -0.05) is 48.5 Å². The molecule has 0 aromatic heterocycles. The van der Waals surface area contributed by atoms with Gasteiger partial charge in [-0.05, 0) is 24.8 Å². The minimum atomic E-state index is 0. The first-order valence-electron chi connectivity index (χ1n) is 6.98. The van der Waals surface area contributed by atoms with E-state index in [9.17, 15) is 0 Å². The summed E-state index contributed by atoms with van der Waals surface area (Å²) in [6, 6.07) is 10.3. The fourth-order valence-electron chi connectivity index (χ4n) is 1.93. The number of hydrogen-bond donors (Lipinski definition) is 1. The normalized spacial score (nSPS) is 14.1. The van der Waals surface area contributed by atoms with Gasteiger partial charge < -0.3 is 10.5 Å². The molecule has 1 aromatic carbocycles. The zero-order valence-electron chi connectivity index (χ0n) is 12.0. The van der Waals surface area contributed by atoms with E-state index in [2.05, 4.69) is 22.3 Å². The molecule has 1 heterocycles. The van der Waals surface area contributed by atoms with Gasteiger partial charge in [0.05, 0.1) is 12.3 Å². The lowest BCUT2D eigenvalue weighted by atomic mass is 10.1. The third-order valence-electron chi connectivity index (χ3n) is 3.04. The van der Waals surface area contributed by atoms with Crippen molar-refractivity contribution in [3.8, 4) is 0 Å². The van der Waals surface area contributed by atoms with E-state index in [0.717, 1.165) is 43.8 Å². The van der Waals surface area contributed by atoms with Gasteiger partial charge in [-0.25, -0.2) is 0 Å². The Morgan fingerprint density at radius 2 is 1.90 bits per heavy atom. The van der Waals surface area contributed by atoms with Gasteiger partial charge in [-0.15, -0.1) is 22.1 Å². The number of nitrogens with two attached hydrogens (primary N) is 1. The summed E-state index contributed by atoms with van der Waals surface area (Å²) < 4.78 is 5.65. The number of halogens is 1. The zero-order valence-corrected chi connectivity index (χ0v) is 14.6. The Bertz CT molecular complexity index is 465. The van der Waals surface area contributed by atoms with Crippen LogP contribution in [0.1, 0.15) is 31.2 Å². The van der Waals surface area contributed by atoms with E-state index >= 15 is 0 Å². The molecule has 0 bridgehead atoms. The molecular formula is C15H22BrN3OS. The lowest BCUT2D eigenvalue weighted by Gasteiger charge is -2.08. The van der Waals surface area contributed by atoms with Gasteiger partial charge in [-0.3, -0.25) is 0 Å². The molecule has 1 aromatic rings. The molecule has 0 aliphatic carbocycles. The van der Waals surface area contributed by atoms with E-state index in [4.69, 9.17) is 10.5 Å². The van der Waals surface area contributed by atoms with Crippen LogP contribution in [0.4, 0.5) is 0 Å². The molecule has 21 heavy (non-hydrogen) atoms. The van der Waals surface area contributed by atoms with E-state index in [1.165, 1.54) is 5.56 Å². The summed E-state index contributed by atoms with van der Waals surface area (Å²) >= 11 is 1.57. The van der Waals surface area contributed by atoms with Crippen LogP contribution in [0.3, 0.4) is 0 Å². The van der Waals surface area contributed by atoms with E-state index in [-0.39, 0.29) is 17.0 Å². The molecule has 1 aliphatic rings. The van der Waals surface area contributed by atoms with Gasteiger partial charge in [0.15, 0.2) is 5.17 Å². The maximum atomic E-state index is 5.65. The van der Waals surface area contributed by atoms with Crippen molar-refractivity contribution in [1.29, 1.82) is 0 Å². The number of thioether (sulfide) groups is 1. The molecular weight excluding hydrogens is 350 g/mol. The Morgan fingerprint density at radius 1 is 1.10 bits per heavy atom. The summed E-state index contributed by atoms with van der Waals surface area (Å²) in [6.45, 7) is 1.53. The van der Waals surface area contributed by atoms with Crippen molar-refractivity contribution in [2.24, 2.45) is 15.9 Å². The third-order valence-corrected chi connectivity index (χ3v) is 3.90. The van der Waals surface area contributed by atoms with E-state index in [0.29, 0.717) is 11.8 Å². The third kappa shape index (κ3) is 7.64. The molecule has 2 N–H and O–H groups in total. The van der Waals surface area contributed by atoms with Crippen molar-refractivity contribution in [2.75, 3.05) is 12.4 Å². The number of amidine groups is 1. The monoisotopic (exact) mass is 371 g/mol. The Balaban J connectivity index is 0.00000220. The highest BCUT2D eigenvalue weighted by molar-refractivity contribution is 8.93. The minimum Gasteiger partial charge on any atom is -0.377 e. The lowest BCUT2D eigenvalue weighted by molar-refractivity contribution is 0.117. The molecule has 0 amide bonds. The van der Waals surface area contributed by atoms with E-state index in [1.54, 1.807) is 11.8 Å². The first kappa shape index (κ1) is 18.2. The van der Waals surface area contributed by atoms with Gasteiger partial charge in [0.1, 0.15) is 0 Å². The highest BCUT2D eigenvalue weighted by Crippen LogP contribution is 2.12. The van der Waals surface area contributed by atoms with Crippen LogP contribution in [-0.4, -0.2) is 23.2 Å². The second-order valence-corrected chi connectivity index (χ2v) is 5.74. The predicted octanol–water partition coefficient (Wildman–Crippen LogP) is 3.76. The summed E-state index contributed by atoms with van der Waals surface area (Å²) in [4.78, 5) is 0. The predicted molar refractivity (Wildman–Crippen MR) is 96.4 cm³/mol. The fraction of sp³-hybridized carbons (Fsp3) is 0.467. The molecule has 4 nitrogen and oxygen atoms in total. The highest BCUT2D eigenvalue weighted by Gasteiger charge is 2.07. The van der Waals surface area contributed by atoms with Gasteiger partial charge >= 0.3 is 0 Å². The van der Waals surface area contributed by atoms with Gasteiger partial charge in [0.25, 0.3) is 0 Å². The molecule has 0 spiro atoms. The summed E-state index contributed by atoms with van der Waals surface area (Å²) in [5, 5.41) is 8.58. The molecule has 0 fully saturated rings. The van der Waals surface area contributed by atoms with E-state index < -0.39 is 0 Å². The van der Waals surface area contributed by atoms with E-state index in [1.807, 2.05) is 18.2 Å². The highest BCUT2D eigenvalue weighted by atomic mass is 79.9. The molecule has 0 radical (unpaired) electrons. The Labute approximate surface area is 141 Å². The smallest absolute Gasteiger partial charge is 0.180 e. The van der Waals surface area contributed by atoms with Crippen LogP contribution in [0.25, 0.3) is 0 Å². The molecule has 2 rings (SSSR count). The van der Waals surface area contributed by atoms with Gasteiger partial charge in [-0.2, -0.15) is 5.10 Å². The number of hydrogen-bond acceptors (Lipinski definition) is 5. The number of ether oxygens (including phenoxy) is 1. The fourth-order valence-corrected chi connectivity index (χ4v) is 2.55. The SMILES string of the molecule is Br.NC1=NN=C(CCCCCOCc2ccccc2)CS1. The quantitative estimate of drug-likeness (QED) is 0.707. The Hall–Kier alpha value is -0.850. The van der Waals surface area contributed by atoms with Crippen molar-refractivity contribution in [1.82, 2.24) is 0 Å².